The van der Waals surface area contributed by atoms with Crippen LogP contribution in [0.15, 0.2) is 40.1 Å². The summed E-state index contributed by atoms with van der Waals surface area (Å²) in [5, 5.41) is 8.27. The minimum Gasteiger partial charge on any atom is -0.281 e. The van der Waals surface area contributed by atoms with Gasteiger partial charge < -0.3 is 0 Å². The van der Waals surface area contributed by atoms with Gasteiger partial charge in [-0.25, -0.2) is 21.1 Å². The van der Waals surface area contributed by atoms with Crippen molar-refractivity contribution < 1.29 is 16.8 Å². The van der Waals surface area contributed by atoms with Gasteiger partial charge in [0.25, 0.3) is 0 Å². The predicted octanol–water partition coefficient (Wildman–Crippen LogP) is 3.07. The van der Waals surface area contributed by atoms with Crippen LogP contribution in [-0.4, -0.2) is 51.7 Å². The molecule has 154 valence electrons. The van der Waals surface area contributed by atoms with Crippen LogP contribution in [0.1, 0.15) is 30.0 Å². The molecule has 1 aliphatic carbocycles. The molecule has 0 spiro atoms. The number of hydrogen-bond acceptors (Lipinski definition) is 5. The van der Waals surface area contributed by atoms with E-state index in [2.05, 4.69) is 10.2 Å². The third-order valence-electron chi connectivity index (χ3n) is 5.32. The van der Waals surface area contributed by atoms with Crippen LogP contribution in [0.5, 0.6) is 0 Å². The van der Waals surface area contributed by atoms with E-state index in [-0.39, 0.29) is 9.79 Å². The van der Waals surface area contributed by atoms with E-state index in [1.165, 1.54) is 24.7 Å². The minimum atomic E-state index is -3.73. The molecule has 0 atom stereocenters. The first-order chi connectivity index (χ1) is 13.5. The Bertz CT molecular complexity index is 1340. The molecule has 1 N–H and O–H groups in total. The van der Waals surface area contributed by atoms with Crippen LogP contribution in [0.2, 0.25) is 0 Å². The Labute approximate surface area is 170 Å². The molecule has 1 aromatic heterocycles. The fraction of sp³-hybridized carbons (Fsp3) is 0.350. The standard InChI is InChI=1S/C20H23N3O4S2/c1-12-11-14(7-9-16(12)28(4,24)25)18-17(29(26,27)23(2)3)10-8-15-19(18)20(22-21-15)13-5-6-13/h7-11,13H,5-6H2,1-4H3,(H,21,22). The third kappa shape index (κ3) is 3.37. The van der Waals surface area contributed by atoms with Gasteiger partial charge in [0.05, 0.1) is 15.3 Å². The molecular formula is C20H23N3O4S2. The molecule has 1 heterocycles. The third-order valence-corrected chi connectivity index (χ3v) is 8.43. The van der Waals surface area contributed by atoms with E-state index >= 15 is 0 Å². The molecule has 4 rings (SSSR count). The highest BCUT2D eigenvalue weighted by Crippen LogP contribution is 2.46. The fourth-order valence-corrected chi connectivity index (χ4v) is 5.77. The molecule has 9 heteroatoms. The van der Waals surface area contributed by atoms with Gasteiger partial charge in [-0.1, -0.05) is 12.1 Å². The average Bonchev–Trinajstić information content (AvgIpc) is 3.38. The average molecular weight is 434 g/mol. The first-order valence-corrected chi connectivity index (χ1v) is 12.6. The van der Waals surface area contributed by atoms with Gasteiger partial charge in [-0.3, -0.25) is 5.10 Å². The number of aromatic amines is 1. The number of nitrogens with one attached hydrogen (secondary N) is 1. The lowest BCUT2D eigenvalue weighted by Crippen LogP contribution is -2.23. The summed E-state index contributed by atoms with van der Waals surface area (Å²) in [5.74, 6) is 0.340. The van der Waals surface area contributed by atoms with Gasteiger partial charge in [0, 0.05) is 42.9 Å². The smallest absolute Gasteiger partial charge is 0.243 e. The zero-order valence-corrected chi connectivity index (χ0v) is 18.4. The van der Waals surface area contributed by atoms with Gasteiger partial charge in [0.1, 0.15) is 0 Å². The number of fused-ring (bicyclic) bond motifs is 1. The van der Waals surface area contributed by atoms with Crippen LogP contribution in [-0.2, 0) is 19.9 Å². The molecule has 0 amide bonds. The molecule has 1 fully saturated rings. The molecule has 29 heavy (non-hydrogen) atoms. The van der Waals surface area contributed by atoms with E-state index in [1.54, 1.807) is 37.3 Å². The van der Waals surface area contributed by atoms with Crippen molar-refractivity contribution in [2.45, 2.75) is 35.5 Å². The van der Waals surface area contributed by atoms with Crippen molar-refractivity contribution in [2.75, 3.05) is 20.4 Å². The Morgan fingerprint density at radius 2 is 1.69 bits per heavy atom. The number of H-pyrrole nitrogens is 1. The lowest BCUT2D eigenvalue weighted by molar-refractivity contribution is 0.521. The SMILES string of the molecule is Cc1cc(-c2c(S(=O)(=O)N(C)C)ccc3n[nH]c(C4CC4)c23)ccc1S(C)(=O)=O. The molecular weight excluding hydrogens is 410 g/mol. The van der Waals surface area contributed by atoms with Crippen LogP contribution in [0.25, 0.3) is 22.0 Å². The second-order valence-electron chi connectivity index (χ2n) is 7.78. The van der Waals surface area contributed by atoms with Gasteiger partial charge in [-0.2, -0.15) is 5.10 Å². The van der Waals surface area contributed by atoms with Gasteiger partial charge in [-0.15, -0.1) is 0 Å². The van der Waals surface area contributed by atoms with Gasteiger partial charge in [-0.05, 0) is 49.1 Å². The lowest BCUT2D eigenvalue weighted by Gasteiger charge is -2.17. The van der Waals surface area contributed by atoms with Gasteiger partial charge in [0.15, 0.2) is 9.84 Å². The number of aryl methyl sites for hydroxylation is 1. The summed E-state index contributed by atoms with van der Waals surface area (Å²) >= 11 is 0. The van der Waals surface area contributed by atoms with Crippen molar-refractivity contribution in [1.29, 1.82) is 0 Å². The summed E-state index contributed by atoms with van der Waals surface area (Å²) in [6.45, 7) is 1.72. The maximum atomic E-state index is 13.1. The van der Waals surface area contributed by atoms with Crippen LogP contribution >= 0.6 is 0 Å². The first-order valence-electron chi connectivity index (χ1n) is 9.26. The van der Waals surface area contributed by atoms with E-state index < -0.39 is 19.9 Å². The zero-order chi connectivity index (χ0) is 21.1. The molecule has 1 aliphatic rings. The summed E-state index contributed by atoms with van der Waals surface area (Å²) in [7, 11) is -4.10. The number of sulfonamides is 1. The topological polar surface area (TPSA) is 100 Å². The summed E-state index contributed by atoms with van der Waals surface area (Å²) in [6.07, 6.45) is 3.24. The van der Waals surface area contributed by atoms with Crippen LogP contribution in [0, 0.1) is 6.92 Å². The second-order valence-corrected chi connectivity index (χ2v) is 11.9. The van der Waals surface area contributed by atoms with E-state index in [1.807, 2.05) is 0 Å². The molecule has 0 aliphatic heterocycles. The van der Waals surface area contributed by atoms with Crippen molar-refractivity contribution in [3.63, 3.8) is 0 Å². The van der Waals surface area contributed by atoms with E-state index in [4.69, 9.17) is 0 Å². The number of aromatic nitrogens is 2. The summed E-state index contributed by atoms with van der Waals surface area (Å²) in [6, 6.07) is 8.25. The molecule has 0 saturated heterocycles. The molecule has 3 aromatic rings. The van der Waals surface area contributed by atoms with E-state index in [0.717, 1.165) is 23.9 Å². The van der Waals surface area contributed by atoms with Crippen molar-refractivity contribution in [1.82, 2.24) is 14.5 Å². The largest absolute Gasteiger partial charge is 0.281 e. The van der Waals surface area contributed by atoms with E-state index in [0.29, 0.717) is 28.1 Å². The van der Waals surface area contributed by atoms with Crippen molar-refractivity contribution >= 4 is 30.8 Å². The van der Waals surface area contributed by atoms with E-state index in [9.17, 15) is 16.8 Å². The van der Waals surface area contributed by atoms with Crippen molar-refractivity contribution in [3.05, 3.63) is 41.6 Å². The highest BCUT2D eigenvalue weighted by Gasteiger charge is 2.32. The molecule has 0 unspecified atom stereocenters. The Morgan fingerprint density at radius 1 is 1.03 bits per heavy atom. The maximum Gasteiger partial charge on any atom is 0.243 e. The highest BCUT2D eigenvalue weighted by molar-refractivity contribution is 7.90. The highest BCUT2D eigenvalue weighted by atomic mass is 32.2. The number of sulfone groups is 1. The van der Waals surface area contributed by atoms with Crippen molar-refractivity contribution in [2.24, 2.45) is 0 Å². The molecule has 1 saturated carbocycles. The number of nitrogens with zero attached hydrogens (tertiary/aromatic N) is 2. The fourth-order valence-electron chi connectivity index (χ4n) is 3.70. The van der Waals surface area contributed by atoms with Gasteiger partial charge in [0.2, 0.25) is 10.0 Å². The van der Waals surface area contributed by atoms with Crippen LogP contribution in [0.4, 0.5) is 0 Å². The molecule has 0 radical (unpaired) electrons. The van der Waals surface area contributed by atoms with Crippen LogP contribution in [0.3, 0.4) is 0 Å². The molecule has 2 aromatic carbocycles. The molecule has 0 bridgehead atoms. The zero-order valence-electron chi connectivity index (χ0n) is 16.7. The van der Waals surface area contributed by atoms with Crippen LogP contribution < -0.4 is 0 Å². The monoisotopic (exact) mass is 433 g/mol. The maximum absolute atomic E-state index is 13.1. The number of benzene rings is 2. The summed E-state index contributed by atoms with van der Waals surface area (Å²) in [5.41, 5.74) is 3.44. The Morgan fingerprint density at radius 3 is 2.24 bits per heavy atom. The summed E-state index contributed by atoms with van der Waals surface area (Å²) in [4.78, 5) is 0.421. The Balaban J connectivity index is 2.09. The second kappa shape index (κ2) is 6.65. The minimum absolute atomic E-state index is 0.185. The van der Waals surface area contributed by atoms with Gasteiger partial charge >= 0.3 is 0 Å². The summed E-state index contributed by atoms with van der Waals surface area (Å²) < 4.78 is 51.4. The normalized spacial score (nSPS) is 15.3. The quantitative estimate of drug-likeness (QED) is 0.666. The first kappa shape index (κ1) is 20.1. The Hall–Kier alpha value is -2.23. The lowest BCUT2D eigenvalue weighted by atomic mass is 9.97. The predicted molar refractivity (Wildman–Crippen MR) is 112 cm³/mol. The number of hydrogen-bond donors (Lipinski definition) is 1. The molecule has 7 nitrogen and oxygen atoms in total. The Kier molecular flexibility index (Phi) is 4.60. The van der Waals surface area contributed by atoms with Crippen molar-refractivity contribution in [3.8, 4) is 11.1 Å². The number of rotatable bonds is 5.